The summed E-state index contributed by atoms with van der Waals surface area (Å²) in [5.74, 6) is 0.297. The van der Waals surface area contributed by atoms with Crippen molar-refractivity contribution < 1.29 is 9.53 Å². The number of aromatic nitrogens is 2. The van der Waals surface area contributed by atoms with Gasteiger partial charge in [0, 0.05) is 17.6 Å². The molecule has 0 fully saturated rings. The Morgan fingerprint density at radius 1 is 1.24 bits per heavy atom. The monoisotopic (exact) mass is 425 g/mol. The molecule has 6 nitrogen and oxygen atoms in total. The summed E-state index contributed by atoms with van der Waals surface area (Å²) in [7, 11) is 1.60. The number of hydrogen-bond acceptors (Lipinski definition) is 6. The topological polar surface area (TPSA) is 72.7 Å². The van der Waals surface area contributed by atoms with E-state index < -0.39 is 5.91 Å². The minimum absolute atomic E-state index is 0.0377. The highest BCUT2D eigenvalue weighted by Crippen LogP contribution is 2.27. The van der Waals surface area contributed by atoms with E-state index in [0.29, 0.717) is 29.2 Å². The minimum atomic E-state index is -0.412. The molecule has 0 aliphatic rings. The highest BCUT2D eigenvalue weighted by atomic mass is 32.2. The summed E-state index contributed by atoms with van der Waals surface area (Å²) in [4.78, 5) is 31.6. The van der Waals surface area contributed by atoms with Gasteiger partial charge in [-0.15, -0.1) is 11.8 Å². The van der Waals surface area contributed by atoms with E-state index in [0.717, 1.165) is 10.3 Å². The molecule has 4 rings (SSSR count). The third-order valence-electron chi connectivity index (χ3n) is 4.64. The number of methoxy groups -OCH3 is 1. The van der Waals surface area contributed by atoms with Gasteiger partial charge in [0.25, 0.3) is 11.5 Å². The van der Waals surface area contributed by atoms with Crippen molar-refractivity contribution in [2.45, 2.75) is 11.3 Å². The Labute approximate surface area is 175 Å². The Hall–Kier alpha value is -2.84. The van der Waals surface area contributed by atoms with Crippen LogP contribution in [0.5, 0.6) is 5.75 Å². The van der Waals surface area contributed by atoms with Gasteiger partial charge in [-0.25, -0.2) is 4.98 Å². The van der Waals surface area contributed by atoms with Gasteiger partial charge in [-0.2, -0.15) is 0 Å². The summed E-state index contributed by atoms with van der Waals surface area (Å²) >= 11 is 3.07. The molecule has 0 aliphatic heterocycles. The van der Waals surface area contributed by atoms with Gasteiger partial charge in [0.15, 0.2) is 4.96 Å². The van der Waals surface area contributed by atoms with E-state index >= 15 is 0 Å². The molecule has 0 saturated carbocycles. The predicted octanol–water partition coefficient (Wildman–Crippen LogP) is 3.61. The minimum Gasteiger partial charge on any atom is -0.497 e. The summed E-state index contributed by atoms with van der Waals surface area (Å²) in [6.45, 7) is 0.446. The maximum Gasteiger partial charge on any atom is 0.271 e. The second-order valence-electron chi connectivity index (χ2n) is 6.38. The summed E-state index contributed by atoms with van der Waals surface area (Å²) in [5.41, 5.74) is 1.52. The van der Waals surface area contributed by atoms with Gasteiger partial charge in [0.05, 0.1) is 17.3 Å². The number of rotatable bonds is 6. The second-order valence-corrected chi connectivity index (χ2v) is 8.27. The van der Waals surface area contributed by atoms with Crippen molar-refractivity contribution >= 4 is 44.2 Å². The predicted molar refractivity (Wildman–Crippen MR) is 118 cm³/mol. The zero-order valence-electron chi connectivity index (χ0n) is 16.0. The molecule has 0 spiro atoms. The first-order chi connectivity index (χ1) is 14.1. The lowest BCUT2D eigenvalue weighted by molar-refractivity contribution is 0.0952. The number of hydrogen-bond donors (Lipinski definition) is 1. The number of thioether (sulfide) groups is 1. The molecule has 29 heavy (non-hydrogen) atoms. The van der Waals surface area contributed by atoms with Gasteiger partial charge in [-0.1, -0.05) is 23.5 Å². The van der Waals surface area contributed by atoms with Crippen molar-refractivity contribution in [1.82, 2.24) is 14.7 Å². The molecule has 0 unspecified atom stereocenters. The van der Waals surface area contributed by atoms with Gasteiger partial charge in [0.2, 0.25) is 0 Å². The lowest BCUT2D eigenvalue weighted by Crippen LogP contribution is -2.32. The molecule has 2 aromatic heterocycles. The van der Waals surface area contributed by atoms with Crippen molar-refractivity contribution in [3.8, 4) is 5.75 Å². The van der Waals surface area contributed by atoms with E-state index in [1.54, 1.807) is 31.0 Å². The molecule has 0 radical (unpaired) electrons. The average molecular weight is 426 g/mol. The van der Waals surface area contributed by atoms with Crippen LogP contribution >= 0.6 is 23.1 Å². The maximum absolute atomic E-state index is 12.9. The molecule has 148 valence electrons. The van der Waals surface area contributed by atoms with Crippen LogP contribution in [-0.2, 0) is 6.42 Å². The van der Waals surface area contributed by atoms with Crippen molar-refractivity contribution in [3.63, 3.8) is 0 Å². The van der Waals surface area contributed by atoms with Crippen LogP contribution in [0.25, 0.3) is 15.2 Å². The number of nitrogens with zero attached hydrogens (tertiary/aromatic N) is 2. The van der Waals surface area contributed by atoms with Crippen LogP contribution in [-0.4, -0.2) is 35.2 Å². The lowest BCUT2D eigenvalue weighted by Gasteiger charge is -2.06. The number of amides is 1. The standard InChI is InChI=1S/C21H19N3O3S2/c1-27-14-5-8-17-18(11-14)29-21-23-12-16(20(26)24(17)21)19(25)22-10-9-13-3-6-15(28-2)7-4-13/h3-8,11-12H,9-10H2,1-2H3,(H,22,25). The molecule has 0 bridgehead atoms. The number of carbonyl (C=O) groups excluding carboxylic acids is 1. The van der Waals surface area contributed by atoms with Gasteiger partial charge >= 0.3 is 0 Å². The van der Waals surface area contributed by atoms with Gasteiger partial charge in [0.1, 0.15) is 11.3 Å². The van der Waals surface area contributed by atoms with Gasteiger partial charge in [-0.3, -0.25) is 14.0 Å². The summed E-state index contributed by atoms with van der Waals surface area (Å²) in [5, 5.41) is 2.83. The molecule has 2 heterocycles. The average Bonchev–Trinajstić information content (AvgIpc) is 3.12. The summed E-state index contributed by atoms with van der Waals surface area (Å²) in [6, 6.07) is 13.7. The van der Waals surface area contributed by atoms with E-state index in [2.05, 4.69) is 22.4 Å². The quantitative estimate of drug-likeness (QED) is 0.478. The van der Waals surface area contributed by atoms with Gasteiger partial charge < -0.3 is 10.1 Å². The Kier molecular flexibility index (Phi) is 5.55. The number of benzene rings is 2. The first-order valence-corrected chi connectivity index (χ1v) is 11.0. The Morgan fingerprint density at radius 2 is 2.03 bits per heavy atom. The number of thiazole rings is 1. The van der Waals surface area contributed by atoms with Crippen LogP contribution in [0.15, 0.2) is 58.4 Å². The van der Waals surface area contributed by atoms with E-state index in [9.17, 15) is 9.59 Å². The van der Waals surface area contributed by atoms with Crippen molar-refractivity contribution in [3.05, 3.63) is 70.1 Å². The number of nitrogens with one attached hydrogen (secondary N) is 1. The molecule has 1 amide bonds. The maximum atomic E-state index is 12.9. The molecule has 2 aromatic carbocycles. The highest BCUT2D eigenvalue weighted by Gasteiger charge is 2.16. The first-order valence-electron chi connectivity index (χ1n) is 9.00. The van der Waals surface area contributed by atoms with Crippen molar-refractivity contribution in [1.29, 1.82) is 0 Å². The number of fused-ring (bicyclic) bond motifs is 3. The largest absolute Gasteiger partial charge is 0.497 e. The zero-order valence-corrected chi connectivity index (χ0v) is 17.6. The molecule has 0 saturated heterocycles. The molecule has 4 aromatic rings. The lowest BCUT2D eigenvalue weighted by atomic mass is 10.1. The fraction of sp³-hybridized carbons (Fsp3) is 0.190. The van der Waals surface area contributed by atoms with Crippen LogP contribution in [0.3, 0.4) is 0 Å². The van der Waals surface area contributed by atoms with Crippen LogP contribution in [0.1, 0.15) is 15.9 Å². The van der Waals surface area contributed by atoms with Crippen LogP contribution in [0.4, 0.5) is 0 Å². The molecular weight excluding hydrogens is 406 g/mol. The Bertz CT molecular complexity index is 1250. The second kappa shape index (κ2) is 8.26. The first kappa shape index (κ1) is 19.5. The van der Waals surface area contributed by atoms with Crippen molar-refractivity contribution in [2.75, 3.05) is 19.9 Å². The molecule has 0 atom stereocenters. The van der Waals surface area contributed by atoms with E-state index in [-0.39, 0.29) is 11.1 Å². The van der Waals surface area contributed by atoms with Gasteiger partial charge in [-0.05, 0) is 48.6 Å². The van der Waals surface area contributed by atoms with E-state index in [4.69, 9.17) is 4.74 Å². The van der Waals surface area contributed by atoms with Crippen LogP contribution < -0.4 is 15.6 Å². The smallest absolute Gasteiger partial charge is 0.271 e. The molecular formula is C21H19N3O3S2. The summed E-state index contributed by atoms with van der Waals surface area (Å²) in [6.07, 6.45) is 4.08. The SMILES string of the molecule is COc1ccc2c(c1)sc1ncc(C(=O)NCCc3ccc(SC)cc3)c(=O)n12. The third kappa shape index (κ3) is 3.86. The van der Waals surface area contributed by atoms with E-state index in [1.807, 2.05) is 24.5 Å². The number of carbonyl (C=O) groups is 1. The third-order valence-corrected chi connectivity index (χ3v) is 6.40. The number of ether oxygens (including phenoxy) is 1. The molecule has 1 N–H and O–H groups in total. The fourth-order valence-corrected chi connectivity index (χ4v) is 4.50. The van der Waals surface area contributed by atoms with Crippen LogP contribution in [0, 0.1) is 0 Å². The molecule has 8 heteroatoms. The highest BCUT2D eigenvalue weighted by molar-refractivity contribution is 7.98. The Morgan fingerprint density at radius 3 is 2.76 bits per heavy atom. The normalized spacial score (nSPS) is 11.1. The molecule has 0 aliphatic carbocycles. The summed E-state index contributed by atoms with van der Waals surface area (Å²) < 4.78 is 7.59. The van der Waals surface area contributed by atoms with Crippen LogP contribution in [0.2, 0.25) is 0 Å². The van der Waals surface area contributed by atoms with Crippen molar-refractivity contribution in [2.24, 2.45) is 0 Å². The van der Waals surface area contributed by atoms with E-state index in [1.165, 1.54) is 26.8 Å². The zero-order chi connectivity index (χ0) is 20.4. The Balaban J connectivity index is 1.54. The fourth-order valence-electron chi connectivity index (χ4n) is 3.07.